The maximum absolute atomic E-state index is 9.16. The highest BCUT2D eigenvalue weighted by atomic mass is 16.6. The molecule has 0 saturated heterocycles. The molecule has 0 aromatic rings. The Morgan fingerprint density at radius 2 is 2.20 bits per heavy atom. The Balaban J connectivity index is 3.98. The second-order valence-electron chi connectivity index (χ2n) is 2.41. The molecule has 3 nitrogen and oxygen atoms in total. The predicted octanol–water partition coefficient (Wildman–Crippen LogP) is 0.594. The molecule has 0 aliphatic rings. The predicted molar refractivity (Wildman–Crippen MR) is 40.2 cm³/mol. The number of hydrogen-bond donors (Lipinski definition) is 2. The van der Waals surface area contributed by atoms with Gasteiger partial charge < -0.3 is 9.84 Å². The van der Waals surface area contributed by atoms with Gasteiger partial charge in [-0.05, 0) is 26.8 Å². The van der Waals surface area contributed by atoms with Crippen molar-refractivity contribution in [3.63, 3.8) is 0 Å². The van der Waals surface area contributed by atoms with E-state index in [1.54, 1.807) is 6.92 Å². The maximum Gasteiger partial charge on any atom is 0.243 e. The fourth-order valence-electron chi connectivity index (χ4n) is 0.687. The number of nitrogens with two attached hydrogens (primary N) is 1. The highest BCUT2D eigenvalue weighted by Gasteiger charge is 2.15. The third-order valence-corrected chi connectivity index (χ3v) is 0.871. The van der Waals surface area contributed by atoms with Gasteiger partial charge in [-0.15, -0.1) is 0 Å². The minimum atomic E-state index is -1.59. The van der Waals surface area contributed by atoms with Crippen LogP contribution < -0.4 is 5.73 Å². The fourth-order valence-corrected chi connectivity index (χ4v) is 0.687. The second-order valence-corrected chi connectivity index (χ2v) is 2.41. The van der Waals surface area contributed by atoms with Gasteiger partial charge in [-0.25, -0.2) is 0 Å². The first-order chi connectivity index (χ1) is 4.48. The van der Waals surface area contributed by atoms with E-state index < -0.39 is 5.91 Å². The summed E-state index contributed by atoms with van der Waals surface area (Å²) in [6.07, 6.45) is 1.47. The highest BCUT2D eigenvalue weighted by molar-refractivity contribution is 4.99. The van der Waals surface area contributed by atoms with Crippen molar-refractivity contribution in [1.29, 1.82) is 0 Å². The van der Waals surface area contributed by atoms with Gasteiger partial charge in [-0.1, -0.05) is 5.57 Å². The van der Waals surface area contributed by atoms with Gasteiger partial charge >= 0.3 is 0 Å². The molecule has 0 saturated carbocycles. The van der Waals surface area contributed by atoms with E-state index in [2.05, 4.69) is 0 Å². The molecule has 60 valence electrons. The number of ether oxygens (including phenoxy) is 1. The van der Waals surface area contributed by atoms with Gasteiger partial charge in [-0.2, -0.15) is 0 Å². The van der Waals surface area contributed by atoms with Gasteiger partial charge in [0.05, 0.1) is 0 Å². The first-order valence-corrected chi connectivity index (χ1v) is 3.29. The van der Waals surface area contributed by atoms with Gasteiger partial charge in [0.2, 0.25) is 5.91 Å². The van der Waals surface area contributed by atoms with Crippen molar-refractivity contribution < 1.29 is 9.84 Å². The summed E-state index contributed by atoms with van der Waals surface area (Å²) >= 11 is 0. The van der Waals surface area contributed by atoms with Crippen molar-refractivity contribution in [3.8, 4) is 0 Å². The Kier molecular flexibility index (Phi) is 3.57. The summed E-state index contributed by atoms with van der Waals surface area (Å²) < 4.78 is 4.80. The third kappa shape index (κ3) is 4.49. The molecule has 0 radical (unpaired) electrons. The van der Waals surface area contributed by atoms with Crippen molar-refractivity contribution in [1.82, 2.24) is 0 Å². The summed E-state index contributed by atoms with van der Waals surface area (Å²) in [6, 6.07) is 0. The largest absolute Gasteiger partial charge is 0.350 e. The van der Waals surface area contributed by atoms with Crippen LogP contribution in [0.1, 0.15) is 20.8 Å². The molecule has 0 bridgehead atoms. The molecule has 1 atom stereocenters. The van der Waals surface area contributed by atoms with Gasteiger partial charge in [0, 0.05) is 6.61 Å². The summed E-state index contributed by atoms with van der Waals surface area (Å²) in [5, 5.41) is 9.16. The van der Waals surface area contributed by atoms with E-state index in [9.17, 15) is 0 Å². The van der Waals surface area contributed by atoms with E-state index in [0.29, 0.717) is 6.61 Å². The van der Waals surface area contributed by atoms with E-state index >= 15 is 0 Å². The second kappa shape index (κ2) is 3.71. The van der Waals surface area contributed by atoms with Crippen LogP contribution in [-0.4, -0.2) is 17.6 Å². The van der Waals surface area contributed by atoms with E-state index in [0.717, 1.165) is 5.57 Å². The van der Waals surface area contributed by atoms with Crippen LogP contribution in [0.3, 0.4) is 0 Å². The lowest BCUT2D eigenvalue weighted by atomic mass is 10.3. The zero-order chi connectivity index (χ0) is 8.20. The molecule has 0 fully saturated rings. The lowest BCUT2D eigenvalue weighted by Gasteiger charge is -2.18. The van der Waals surface area contributed by atoms with Crippen LogP contribution in [-0.2, 0) is 4.74 Å². The molecular weight excluding hydrogens is 130 g/mol. The molecule has 3 N–H and O–H groups in total. The molecule has 1 unspecified atom stereocenters. The Bertz CT molecular complexity index is 126. The quantitative estimate of drug-likeness (QED) is 0.451. The molecule has 0 heterocycles. The Hall–Kier alpha value is -0.380. The maximum atomic E-state index is 9.16. The molecule has 0 aliphatic heterocycles. The van der Waals surface area contributed by atoms with Gasteiger partial charge in [0.25, 0.3) is 0 Å². The van der Waals surface area contributed by atoms with Crippen LogP contribution in [0.15, 0.2) is 11.6 Å². The molecule has 3 heteroatoms. The first kappa shape index (κ1) is 9.62. The molecule has 0 spiro atoms. The standard InChI is InChI=1S/C7H15NO2/c1-4-10-7(8,9)5-6(2)3/h5,9H,4,8H2,1-3H3. The Morgan fingerprint density at radius 1 is 1.70 bits per heavy atom. The van der Waals surface area contributed by atoms with Crippen molar-refractivity contribution >= 4 is 0 Å². The van der Waals surface area contributed by atoms with E-state index in [1.165, 1.54) is 6.08 Å². The third-order valence-electron chi connectivity index (χ3n) is 0.871. The fraction of sp³-hybridized carbons (Fsp3) is 0.714. The zero-order valence-corrected chi connectivity index (χ0v) is 6.72. The number of hydrogen-bond acceptors (Lipinski definition) is 3. The van der Waals surface area contributed by atoms with Crippen LogP contribution in [0, 0.1) is 0 Å². The van der Waals surface area contributed by atoms with Gasteiger partial charge in [0.1, 0.15) is 0 Å². The van der Waals surface area contributed by atoms with Crippen molar-refractivity contribution in [2.24, 2.45) is 5.73 Å². The Morgan fingerprint density at radius 3 is 2.50 bits per heavy atom. The lowest BCUT2D eigenvalue weighted by Crippen LogP contribution is -2.40. The molecule has 0 aromatic carbocycles. The summed E-state index contributed by atoms with van der Waals surface area (Å²) in [7, 11) is 0. The minimum Gasteiger partial charge on any atom is -0.350 e. The molecule has 0 amide bonds. The van der Waals surface area contributed by atoms with Crippen LogP contribution in [0.2, 0.25) is 0 Å². The number of aliphatic hydroxyl groups is 1. The zero-order valence-electron chi connectivity index (χ0n) is 6.72. The van der Waals surface area contributed by atoms with Crippen LogP contribution in [0.25, 0.3) is 0 Å². The topological polar surface area (TPSA) is 55.5 Å². The van der Waals surface area contributed by atoms with Crippen molar-refractivity contribution in [2.45, 2.75) is 26.7 Å². The van der Waals surface area contributed by atoms with Crippen molar-refractivity contribution in [2.75, 3.05) is 6.61 Å². The lowest BCUT2D eigenvalue weighted by molar-refractivity contribution is -0.158. The Labute approximate surface area is 61.5 Å². The molecule has 10 heavy (non-hydrogen) atoms. The van der Waals surface area contributed by atoms with Crippen LogP contribution in [0.5, 0.6) is 0 Å². The average molecular weight is 145 g/mol. The normalized spacial score (nSPS) is 16.1. The highest BCUT2D eigenvalue weighted by Crippen LogP contribution is 2.03. The van der Waals surface area contributed by atoms with Crippen LogP contribution in [0.4, 0.5) is 0 Å². The average Bonchev–Trinajstić information content (AvgIpc) is 1.59. The summed E-state index contributed by atoms with van der Waals surface area (Å²) in [4.78, 5) is 0. The summed E-state index contributed by atoms with van der Waals surface area (Å²) in [5.74, 6) is -1.59. The monoisotopic (exact) mass is 145 g/mol. The van der Waals surface area contributed by atoms with E-state index in [1.807, 2.05) is 13.8 Å². The van der Waals surface area contributed by atoms with Crippen molar-refractivity contribution in [3.05, 3.63) is 11.6 Å². The first-order valence-electron chi connectivity index (χ1n) is 3.29. The number of rotatable bonds is 3. The van der Waals surface area contributed by atoms with Gasteiger partial charge in [-0.3, -0.25) is 5.73 Å². The van der Waals surface area contributed by atoms with E-state index in [4.69, 9.17) is 15.6 Å². The van der Waals surface area contributed by atoms with E-state index in [-0.39, 0.29) is 0 Å². The summed E-state index contributed by atoms with van der Waals surface area (Å²) in [6.45, 7) is 5.86. The number of allylic oxidation sites excluding steroid dienone is 1. The van der Waals surface area contributed by atoms with Crippen LogP contribution >= 0.6 is 0 Å². The minimum absolute atomic E-state index is 0.400. The molecular formula is C7H15NO2. The van der Waals surface area contributed by atoms with Gasteiger partial charge in [0.15, 0.2) is 0 Å². The smallest absolute Gasteiger partial charge is 0.243 e. The molecule has 0 rings (SSSR count). The molecule has 0 aliphatic carbocycles. The SMILES string of the molecule is CCOC(N)(O)C=C(C)C. The molecule has 0 aromatic heterocycles. The summed E-state index contributed by atoms with van der Waals surface area (Å²) in [5.41, 5.74) is 6.21.